The van der Waals surface area contributed by atoms with E-state index < -0.39 is 12.2 Å². The van der Waals surface area contributed by atoms with E-state index in [4.69, 9.17) is 10.2 Å². The summed E-state index contributed by atoms with van der Waals surface area (Å²) < 4.78 is 0. The second kappa shape index (κ2) is 4.55. The lowest BCUT2D eigenvalue weighted by Gasteiger charge is -2.30. The third-order valence-corrected chi connectivity index (χ3v) is 2.27. The lowest BCUT2D eigenvalue weighted by molar-refractivity contribution is -0.150. The van der Waals surface area contributed by atoms with E-state index in [2.05, 4.69) is 5.32 Å². The zero-order valence-corrected chi connectivity index (χ0v) is 7.73. The highest BCUT2D eigenvalue weighted by atomic mass is 16.5. The average molecular weight is 188 g/mol. The van der Waals surface area contributed by atoms with Crippen molar-refractivity contribution < 1.29 is 15.0 Å². The Kier molecular flexibility index (Phi) is 3.65. The largest absolute Gasteiger partial charge is 0.367 e. The summed E-state index contributed by atoms with van der Waals surface area (Å²) in [7, 11) is 0. The van der Waals surface area contributed by atoms with Crippen LogP contribution in [0.1, 0.15) is 6.92 Å². The summed E-state index contributed by atoms with van der Waals surface area (Å²) in [6.45, 7) is 4.38. The van der Waals surface area contributed by atoms with Gasteiger partial charge in [-0.15, -0.1) is 0 Å². The summed E-state index contributed by atoms with van der Waals surface area (Å²) in [5, 5.41) is 20.7. The highest BCUT2D eigenvalue weighted by molar-refractivity contribution is 5.78. The van der Waals surface area contributed by atoms with Crippen molar-refractivity contribution >= 4 is 5.91 Å². The predicted octanol–water partition coefficient (Wildman–Crippen LogP) is -1.63. The van der Waals surface area contributed by atoms with E-state index in [1.165, 1.54) is 6.92 Å². The molecular formula is C8H16N2O3. The summed E-state index contributed by atoms with van der Waals surface area (Å²) in [5.74, 6) is -0.908. The van der Waals surface area contributed by atoms with Crippen molar-refractivity contribution in [3.8, 4) is 0 Å². The number of nitrogens with one attached hydrogen (secondary N) is 1. The second-order valence-electron chi connectivity index (χ2n) is 3.28. The molecule has 1 unspecified atom stereocenters. The highest BCUT2D eigenvalue weighted by Crippen LogP contribution is 2.06. The van der Waals surface area contributed by atoms with Crippen molar-refractivity contribution in [1.82, 2.24) is 10.2 Å². The molecule has 1 aliphatic heterocycles. The maximum Gasteiger partial charge on any atom is 0.230 e. The molecule has 1 rings (SSSR count). The van der Waals surface area contributed by atoms with Gasteiger partial charge in [-0.3, -0.25) is 4.79 Å². The molecule has 1 saturated heterocycles. The monoisotopic (exact) mass is 188 g/mol. The lowest BCUT2D eigenvalue weighted by atomic mass is 10.1. The van der Waals surface area contributed by atoms with E-state index in [0.717, 1.165) is 13.1 Å². The summed E-state index contributed by atoms with van der Waals surface area (Å²) in [4.78, 5) is 13.2. The van der Waals surface area contributed by atoms with E-state index in [9.17, 15) is 4.79 Å². The first-order valence-corrected chi connectivity index (χ1v) is 4.48. The van der Waals surface area contributed by atoms with Crippen molar-refractivity contribution in [2.45, 2.75) is 13.2 Å². The molecule has 1 heterocycles. The van der Waals surface area contributed by atoms with Crippen LogP contribution in [0, 0.1) is 5.92 Å². The van der Waals surface area contributed by atoms with Crippen LogP contribution in [-0.2, 0) is 4.79 Å². The SMILES string of the molecule is CC(C(=O)N1CCNCC1)C(O)O. The normalized spacial score (nSPS) is 20.5. The Hall–Kier alpha value is -0.650. The van der Waals surface area contributed by atoms with Gasteiger partial charge in [0.25, 0.3) is 0 Å². The van der Waals surface area contributed by atoms with Crippen molar-refractivity contribution in [1.29, 1.82) is 0 Å². The quantitative estimate of drug-likeness (QED) is 0.455. The molecule has 0 aromatic carbocycles. The highest BCUT2D eigenvalue weighted by Gasteiger charge is 2.25. The fraction of sp³-hybridized carbons (Fsp3) is 0.875. The summed E-state index contributed by atoms with van der Waals surface area (Å²) in [5.41, 5.74) is 0. The second-order valence-corrected chi connectivity index (χ2v) is 3.28. The Labute approximate surface area is 77.3 Å². The summed E-state index contributed by atoms with van der Waals surface area (Å²) in [6.07, 6.45) is -1.55. The van der Waals surface area contributed by atoms with Gasteiger partial charge in [0.2, 0.25) is 5.91 Å². The Balaban J connectivity index is 2.45. The third kappa shape index (κ3) is 2.65. The van der Waals surface area contributed by atoms with Gasteiger partial charge < -0.3 is 20.4 Å². The van der Waals surface area contributed by atoms with Crippen LogP contribution in [0.5, 0.6) is 0 Å². The molecule has 3 N–H and O–H groups in total. The number of hydrogen-bond donors (Lipinski definition) is 3. The molecule has 0 saturated carbocycles. The van der Waals surface area contributed by atoms with Gasteiger partial charge in [-0.25, -0.2) is 0 Å². The Morgan fingerprint density at radius 2 is 1.92 bits per heavy atom. The number of aliphatic hydroxyl groups is 2. The fourth-order valence-electron chi connectivity index (χ4n) is 1.30. The maximum atomic E-state index is 11.5. The van der Waals surface area contributed by atoms with Gasteiger partial charge in [-0.2, -0.15) is 0 Å². The van der Waals surface area contributed by atoms with Gasteiger partial charge in [-0.05, 0) is 6.92 Å². The van der Waals surface area contributed by atoms with Crippen LogP contribution >= 0.6 is 0 Å². The fourth-order valence-corrected chi connectivity index (χ4v) is 1.30. The number of carbonyl (C=O) groups excluding carboxylic acids is 1. The third-order valence-electron chi connectivity index (χ3n) is 2.27. The first-order chi connectivity index (χ1) is 6.13. The molecule has 13 heavy (non-hydrogen) atoms. The minimum atomic E-state index is -1.55. The Morgan fingerprint density at radius 1 is 1.38 bits per heavy atom. The van der Waals surface area contributed by atoms with Crippen molar-refractivity contribution in [3.05, 3.63) is 0 Å². The first-order valence-electron chi connectivity index (χ1n) is 4.48. The zero-order chi connectivity index (χ0) is 9.84. The van der Waals surface area contributed by atoms with E-state index in [-0.39, 0.29) is 5.91 Å². The molecule has 1 aliphatic rings. The molecule has 5 heteroatoms. The number of nitrogens with zero attached hydrogens (tertiary/aromatic N) is 1. The molecule has 5 nitrogen and oxygen atoms in total. The minimum Gasteiger partial charge on any atom is -0.367 e. The molecule has 76 valence electrons. The lowest BCUT2D eigenvalue weighted by Crippen LogP contribution is -2.49. The van der Waals surface area contributed by atoms with Crippen LogP contribution in [0.15, 0.2) is 0 Å². The van der Waals surface area contributed by atoms with Crippen molar-refractivity contribution in [2.75, 3.05) is 26.2 Å². The smallest absolute Gasteiger partial charge is 0.230 e. The number of rotatable bonds is 2. The molecule has 0 radical (unpaired) electrons. The van der Waals surface area contributed by atoms with Crippen LogP contribution in [-0.4, -0.2) is 53.5 Å². The van der Waals surface area contributed by atoms with E-state index in [0.29, 0.717) is 13.1 Å². The molecule has 1 amide bonds. The summed E-state index contributed by atoms with van der Waals surface area (Å²) in [6, 6.07) is 0. The van der Waals surface area contributed by atoms with Crippen molar-refractivity contribution in [3.63, 3.8) is 0 Å². The van der Waals surface area contributed by atoms with Crippen LogP contribution in [0.25, 0.3) is 0 Å². The van der Waals surface area contributed by atoms with E-state index in [1.54, 1.807) is 4.90 Å². The number of hydrogen-bond acceptors (Lipinski definition) is 4. The molecule has 1 fully saturated rings. The Bertz CT molecular complexity index is 178. The van der Waals surface area contributed by atoms with E-state index >= 15 is 0 Å². The van der Waals surface area contributed by atoms with Crippen LogP contribution in [0.4, 0.5) is 0 Å². The van der Waals surface area contributed by atoms with Crippen LogP contribution in [0.2, 0.25) is 0 Å². The van der Waals surface area contributed by atoms with Gasteiger partial charge in [0.15, 0.2) is 6.29 Å². The number of aliphatic hydroxyl groups excluding tert-OH is 1. The number of amides is 1. The number of piperazine rings is 1. The van der Waals surface area contributed by atoms with Gasteiger partial charge in [0.1, 0.15) is 0 Å². The molecule has 0 bridgehead atoms. The topological polar surface area (TPSA) is 72.8 Å². The van der Waals surface area contributed by atoms with Crippen LogP contribution < -0.4 is 5.32 Å². The molecule has 0 aromatic heterocycles. The zero-order valence-electron chi connectivity index (χ0n) is 7.73. The number of carbonyl (C=O) groups is 1. The molecule has 0 aromatic rings. The standard InChI is InChI=1S/C8H16N2O3/c1-6(8(12)13)7(11)10-4-2-9-3-5-10/h6,8-9,12-13H,2-5H2,1H3. The van der Waals surface area contributed by atoms with Crippen molar-refractivity contribution in [2.24, 2.45) is 5.92 Å². The Morgan fingerprint density at radius 3 is 2.38 bits per heavy atom. The first kappa shape index (κ1) is 10.4. The van der Waals surface area contributed by atoms with Gasteiger partial charge in [0.05, 0.1) is 5.92 Å². The molecule has 1 atom stereocenters. The van der Waals surface area contributed by atoms with Gasteiger partial charge in [0, 0.05) is 26.2 Å². The van der Waals surface area contributed by atoms with Crippen LogP contribution in [0.3, 0.4) is 0 Å². The molecular weight excluding hydrogens is 172 g/mol. The van der Waals surface area contributed by atoms with Gasteiger partial charge >= 0.3 is 0 Å². The molecule has 0 spiro atoms. The molecule has 0 aliphatic carbocycles. The van der Waals surface area contributed by atoms with E-state index in [1.807, 2.05) is 0 Å². The maximum absolute atomic E-state index is 11.5. The minimum absolute atomic E-state index is 0.184. The predicted molar refractivity (Wildman–Crippen MR) is 46.8 cm³/mol. The average Bonchev–Trinajstić information content (AvgIpc) is 2.17. The summed E-state index contributed by atoms with van der Waals surface area (Å²) >= 11 is 0. The van der Waals surface area contributed by atoms with Gasteiger partial charge in [-0.1, -0.05) is 0 Å².